The van der Waals surface area contributed by atoms with Crippen molar-refractivity contribution in [3.63, 3.8) is 0 Å². The summed E-state index contributed by atoms with van der Waals surface area (Å²) in [6.45, 7) is 0.454. The zero-order valence-electron chi connectivity index (χ0n) is 12.2. The Morgan fingerprint density at radius 3 is 2.19 bits per heavy atom. The maximum absolute atomic E-state index is 12.3. The third-order valence-electron chi connectivity index (χ3n) is 4.22. The number of nitrogens with two attached hydrogens (primary N) is 2. The van der Waals surface area contributed by atoms with Gasteiger partial charge < -0.3 is 16.8 Å². The highest BCUT2D eigenvalue weighted by Gasteiger charge is 2.24. The Morgan fingerprint density at radius 2 is 1.67 bits per heavy atom. The molecule has 1 aromatic carbocycles. The summed E-state index contributed by atoms with van der Waals surface area (Å²) in [6, 6.07) is 6.38. The van der Waals surface area contributed by atoms with E-state index >= 15 is 0 Å². The quantitative estimate of drug-likeness (QED) is 0.764. The summed E-state index contributed by atoms with van der Waals surface area (Å²) in [4.78, 5) is 23.3. The van der Waals surface area contributed by atoms with Crippen molar-refractivity contribution >= 4 is 11.8 Å². The Labute approximate surface area is 125 Å². The lowest BCUT2D eigenvalue weighted by Gasteiger charge is -2.30. The van der Waals surface area contributed by atoms with Gasteiger partial charge >= 0.3 is 0 Å². The number of nitrogens with one attached hydrogen (secondary N) is 1. The van der Waals surface area contributed by atoms with Crippen LogP contribution >= 0.6 is 0 Å². The highest BCUT2D eigenvalue weighted by Crippen LogP contribution is 2.26. The first-order valence-corrected chi connectivity index (χ1v) is 7.52. The molecule has 0 aromatic heterocycles. The molecule has 1 fully saturated rings. The van der Waals surface area contributed by atoms with Gasteiger partial charge in [-0.15, -0.1) is 0 Å². The van der Waals surface area contributed by atoms with E-state index in [9.17, 15) is 9.59 Å². The van der Waals surface area contributed by atoms with E-state index < -0.39 is 5.91 Å². The Kier molecular flexibility index (Phi) is 5.33. The molecule has 0 saturated heterocycles. The number of rotatable bonds is 5. The average Bonchev–Trinajstić information content (AvgIpc) is 2.53. The standard InChI is InChI=1S/C16H23N3O2/c17-10-14(11-4-2-1-3-5-11)19-16(21)13-8-6-12(7-9-13)15(18)20/h6-9,11,14H,1-5,10,17H2,(H2,18,20)(H,19,21). The van der Waals surface area contributed by atoms with Crippen molar-refractivity contribution in [2.45, 2.75) is 38.1 Å². The van der Waals surface area contributed by atoms with Crippen LogP contribution in [0.3, 0.4) is 0 Å². The fraction of sp³-hybridized carbons (Fsp3) is 0.500. The van der Waals surface area contributed by atoms with Gasteiger partial charge in [-0.2, -0.15) is 0 Å². The summed E-state index contributed by atoms with van der Waals surface area (Å²) in [6.07, 6.45) is 5.95. The van der Waals surface area contributed by atoms with Crippen LogP contribution < -0.4 is 16.8 Å². The normalized spacial score (nSPS) is 17.2. The molecule has 1 aromatic rings. The van der Waals surface area contributed by atoms with Crippen LogP contribution in [0.4, 0.5) is 0 Å². The van der Waals surface area contributed by atoms with Crippen molar-refractivity contribution in [2.24, 2.45) is 17.4 Å². The molecule has 1 unspecified atom stereocenters. The molecule has 2 amide bonds. The topological polar surface area (TPSA) is 98.2 Å². The first-order chi connectivity index (χ1) is 10.1. The Balaban J connectivity index is 1.99. The van der Waals surface area contributed by atoms with Crippen molar-refractivity contribution in [1.82, 2.24) is 5.32 Å². The van der Waals surface area contributed by atoms with E-state index in [4.69, 9.17) is 11.5 Å². The number of benzene rings is 1. The zero-order chi connectivity index (χ0) is 15.2. The van der Waals surface area contributed by atoms with E-state index in [0.717, 1.165) is 12.8 Å². The Bertz CT molecular complexity index is 493. The van der Waals surface area contributed by atoms with Crippen molar-refractivity contribution in [3.8, 4) is 0 Å². The first-order valence-electron chi connectivity index (χ1n) is 7.52. The minimum Gasteiger partial charge on any atom is -0.366 e. The highest BCUT2D eigenvalue weighted by molar-refractivity contribution is 5.97. The third-order valence-corrected chi connectivity index (χ3v) is 4.22. The number of carbonyl (C=O) groups is 2. The predicted molar refractivity (Wildman–Crippen MR) is 81.8 cm³/mol. The smallest absolute Gasteiger partial charge is 0.251 e. The third kappa shape index (κ3) is 4.04. The molecule has 1 saturated carbocycles. The molecule has 0 radical (unpaired) electrons. The largest absolute Gasteiger partial charge is 0.366 e. The van der Waals surface area contributed by atoms with E-state index in [2.05, 4.69) is 5.32 Å². The lowest BCUT2D eigenvalue weighted by Crippen LogP contribution is -2.45. The summed E-state index contributed by atoms with van der Waals surface area (Å²) in [5.74, 6) is -0.173. The van der Waals surface area contributed by atoms with Gasteiger partial charge in [0.25, 0.3) is 5.91 Å². The maximum Gasteiger partial charge on any atom is 0.251 e. The number of primary amides is 1. The summed E-state index contributed by atoms with van der Waals surface area (Å²) in [5.41, 5.74) is 11.9. The molecule has 1 aliphatic carbocycles. The van der Waals surface area contributed by atoms with Gasteiger partial charge in [0.15, 0.2) is 0 Å². The Morgan fingerprint density at radius 1 is 1.10 bits per heavy atom. The van der Waals surface area contributed by atoms with E-state index in [0.29, 0.717) is 23.6 Å². The molecule has 0 heterocycles. The van der Waals surface area contributed by atoms with E-state index in [-0.39, 0.29) is 11.9 Å². The fourth-order valence-electron chi connectivity index (χ4n) is 2.94. The number of hydrogen-bond acceptors (Lipinski definition) is 3. The van der Waals surface area contributed by atoms with Gasteiger partial charge in [0.05, 0.1) is 0 Å². The number of carbonyl (C=O) groups excluding carboxylic acids is 2. The number of hydrogen-bond donors (Lipinski definition) is 3. The monoisotopic (exact) mass is 289 g/mol. The van der Waals surface area contributed by atoms with Crippen LogP contribution in [0, 0.1) is 5.92 Å². The molecule has 0 spiro atoms. The van der Waals surface area contributed by atoms with Crippen LogP contribution in [-0.4, -0.2) is 24.4 Å². The minimum atomic E-state index is -0.496. The molecular formula is C16H23N3O2. The second-order valence-electron chi connectivity index (χ2n) is 5.66. The Hall–Kier alpha value is -1.88. The molecule has 5 N–H and O–H groups in total. The summed E-state index contributed by atoms with van der Waals surface area (Å²) in [7, 11) is 0. The molecule has 1 aliphatic rings. The van der Waals surface area contributed by atoms with E-state index in [1.807, 2.05) is 0 Å². The molecule has 114 valence electrons. The van der Waals surface area contributed by atoms with Crippen molar-refractivity contribution in [3.05, 3.63) is 35.4 Å². The van der Waals surface area contributed by atoms with Crippen LogP contribution in [0.5, 0.6) is 0 Å². The van der Waals surface area contributed by atoms with Crippen molar-refractivity contribution in [1.29, 1.82) is 0 Å². The van der Waals surface area contributed by atoms with Gasteiger partial charge in [0.2, 0.25) is 5.91 Å². The second kappa shape index (κ2) is 7.22. The van der Waals surface area contributed by atoms with Crippen molar-refractivity contribution < 1.29 is 9.59 Å². The fourth-order valence-corrected chi connectivity index (χ4v) is 2.94. The van der Waals surface area contributed by atoms with Gasteiger partial charge in [0, 0.05) is 23.7 Å². The van der Waals surface area contributed by atoms with Crippen molar-refractivity contribution in [2.75, 3.05) is 6.54 Å². The molecule has 5 heteroatoms. The van der Waals surface area contributed by atoms with Gasteiger partial charge in [-0.25, -0.2) is 0 Å². The van der Waals surface area contributed by atoms with E-state index in [1.54, 1.807) is 24.3 Å². The molecule has 21 heavy (non-hydrogen) atoms. The van der Waals surface area contributed by atoms with Gasteiger partial charge in [-0.3, -0.25) is 9.59 Å². The van der Waals surface area contributed by atoms with Crippen LogP contribution in [-0.2, 0) is 0 Å². The SMILES string of the molecule is NCC(NC(=O)c1ccc(C(N)=O)cc1)C1CCCCC1. The molecular weight excluding hydrogens is 266 g/mol. The lowest BCUT2D eigenvalue weighted by molar-refractivity contribution is 0.0914. The predicted octanol–water partition coefficient (Wildman–Crippen LogP) is 1.42. The van der Waals surface area contributed by atoms with Crippen LogP contribution in [0.15, 0.2) is 24.3 Å². The van der Waals surface area contributed by atoms with Crippen LogP contribution in [0.25, 0.3) is 0 Å². The van der Waals surface area contributed by atoms with Gasteiger partial charge in [-0.1, -0.05) is 19.3 Å². The molecule has 0 bridgehead atoms. The summed E-state index contributed by atoms with van der Waals surface area (Å²) >= 11 is 0. The van der Waals surface area contributed by atoms with Gasteiger partial charge in [0.1, 0.15) is 0 Å². The maximum atomic E-state index is 12.3. The van der Waals surface area contributed by atoms with E-state index in [1.165, 1.54) is 19.3 Å². The molecule has 1 atom stereocenters. The molecule has 5 nitrogen and oxygen atoms in total. The summed E-state index contributed by atoms with van der Waals surface area (Å²) in [5, 5.41) is 3.02. The average molecular weight is 289 g/mol. The van der Waals surface area contributed by atoms with Crippen LogP contribution in [0.2, 0.25) is 0 Å². The second-order valence-corrected chi connectivity index (χ2v) is 5.66. The summed E-state index contributed by atoms with van der Waals surface area (Å²) < 4.78 is 0. The number of amides is 2. The first kappa shape index (κ1) is 15.5. The highest BCUT2D eigenvalue weighted by atomic mass is 16.2. The molecule has 0 aliphatic heterocycles. The lowest BCUT2D eigenvalue weighted by atomic mass is 9.84. The van der Waals surface area contributed by atoms with Crippen LogP contribution in [0.1, 0.15) is 52.8 Å². The van der Waals surface area contributed by atoms with Gasteiger partial charge in [-0.05, 0) is 43.0 Å². The molecule has 2 rings (SSSR count). The zero-order valence-corrected chi connectivity index (χ0v) is 12.2. The minimum absolute atomic E-state index is 0.0219.